The molecule has 1 N–H and O–H groups in total. The molecular weight excluding hydrogens is 536 g/mol. The summed E-state index contributed by atoms with van der Waals surface area (Å²) in [4.78, 5) is 17.4. The van der Waals surface area contributed by atoms with Crippen LogP contribution in [0, 0.1) is 11.8 Å². The van der Waals surface area contributed by atoms with E-state index in [9.17, 15) is 9.90 Å². The quantitative estimate of drug-likeness (QED) is 0.122. The molecule has 0 unspecified atom stereocenters. The molecule has 232 valence electrons. The highest BCUT2D eigenvalue weighted by molar-refractivity contribution is 5.73. The third-order valence-corrected chi connectivity index (χ3v) is 10.7. The van der Waals surface area contributed by atoms with Gasteiger partial charge >= 0.3 is 5.97 Å². The lowest BCUT2D eigenvalue weighted by Gasteiger charge is -2.60. The van der Waals surface area contributed by atoms with Gasteiger partial charge in [-0.15, -0.1) is 6.58 Å². The summed E-state index contributed by atoms with van der Waals surface area (Å²) in [7, 11) is 0. The van der Waals surface area contributed by atoms with Crippen LogP contribution in [-0.2, 0) is 23.1 Å². The van der Waals surface area contributed by atoms with Crippen molar-refractivity contribution in [3.8, 4) is 17.2 Å². The van der Waals surface area contributed by atoms with Gasteiger partial charge in [-0.25, -0.2) is 0 Å². The van der Waals surface area contributed by atoms with E-state index >= 15 is 0 Å². The Bertz CT molecular complexity index is 1310. The molecule has 6 heteroatoms. The van der Waals surface area contributed by atoms with Gasteiger partial charge in [0.2, 0.25) is 0 Å². The van der Waals surface area contributed by atoms with Gasteiger partial charge in [-0.05, 0) is 75.4 Å². The van der Waals surface area contributed by atoms with E-state index in [4.69, 9.17) is 9.47 Å². The smallest absolute Gasteiger partial charge is 0.308 e. The summed E-state index contributed by atoms with van der Waals surface area (Å²) in [6.07, 6.45) is 12.1. The second kappa shape index (κ2) is 12.6. The van der Waals surface area contributed by atoms with E-state index in [1.807, 2.05) is 6.08 Å². The van der Waals surface area contributed by atoms with Gasteiger partial charge in [0, 0.05) is 54.7 Å². The minimum atomic E-state index is -0.386. The second-order valence-electron chi connectivity index (χ2n) is 13.8. The molecule has 2 aliphatic heterocycles. The van der Waals surface area contributed by atoms with E-state index in [-0.39, 0.29) is 23.2 Å². The third-order valence-electron chi connectivity index (χ3n) is 10.7. The van der Waals surface area contributed by atoms with E-state index in [2.05, 4.69) is 60.6 Å². The van der Waals surface area contributed by atoms with Gasteiger partial charge in [0.25, 0.3) is 0 Å². The zero-order valence-corrected chi connectivity index (χ0v) is 26.4. The number of carbonyl (C=O) groups excluding carboxylic acids is 1. The molecule has 4 aliphatic rings. The molecule has 1 saturated carbocycles. The van der Waals surface area contributed by atoms with Crippen molar-refractivity contribution in [1.29, 1.82) is 0 Å². The molecule has 2 aromatic rings. The lowest BCUT2D eigenvalue weighted by atomic mass is 9.50. The van der Waals surface area contributed by atoms with Crippen LogP contribution in [0.25, 0.3) is 0 Å². The van der Waals surface area contributed by atoms with Crippen LogP contribution in [0.5, 0.6) is 17.2 Å². The molecule has 43 heavy (non-hydrogen) atoms. The Labute approximate surface area is 258 Å². The van der Waals surface area contributed by atoms with Crippen molar-refractivity contribution in [2.75, 3.05) is 26.2 Å². The molecule has 0 aromatic heterocycles. The van der Waals surface area contributed by atoms with Gasteiger partial charge in [0.1, 0.15) is 11.9 Å². The number of phenolic OH excluding ortho intramolecular Hbond substituents is 1. The SMILES string of the molecule is C=CCN1CC[C@]23c4c5c(O)cc(OC(C)=O)c4O[C@H]2[C@H](N(CCCCCCc2ccccc2)CC(C)C)CC[C@H]3[C@H]1C5. The van der Waals surface area contributed by atoms with Crippen LogP contribution < -0.4 is 9.47 Å². The molecule has 1 spiro atoms. The molecule has 6 nitrogen and oxygen atoms in total. The molecular formula is C37H50N2O4. The number of carbonyl (C=O) groups is 1. The van der Waals surface area contributed by atoms with Crippen molar-refractivity contribution in [2.45, 2.75) is 102 Å². The Kier molecular flexibility index (Phi) is 8.89. The standard InChI is InChI=1S/C37H50N2O4/c1-5-19-38-21-18-37-29-16-17-30(39(24-25(2)3)20-12-7-6-9-13-27-14-10-8-11-15-27)36(37)43-35-33(42-26(4)40)23-32(41)28(34(35)37)22-31(29)38/h5,8,10-11,14-15,23,25,29-31,36,41H,1,6-7,9,12-13,16-22,24H2,2-4H3/t29-,30+,31+,36-,37-/m0/s1. The first-order valence-electron chi connectivity index (χ1n) is 16.7. The summed E-state index contributed by atoms with van der Waals surface area (Å²) in [5, 5.41) is 11.3. The second-order valence-corrected chi connectivity index (χ2v) is 13.8. The highest BCUT2D eigenvalue weighted by atomic mass is 16.6. The van der Waals surface area contributed by atoms with E-state index in [1.165, 1.54) is 38.2 Å². The van der Waals surface area contributed by atoms with Crippen LogP contribution in [0.4, 0.5) is 0 Å². The summed E-state index contributed by atoms with van der Waals surface area (Å²) in [5.41, 5.74) is 3.40. The molecule has 2 bridgehead atoms. The van der Waals surface area contributed by atoms with Crippen LogP contribution in [0.3, 0.4) is 0 Å². The molecule has 6 rings (SSSR count). The first kappa shape index (κ1) is 30.2. The van der Waals surface area contributed by atoms with E-state index < -0.39 is 0 Å². The zero-order chi connectivity index (χ0) is 30.1. The summed E-state index contributed by atoms with van der Waals surface area (Å²) < 4.78 is 12.7. The number of piperidine rings is 1. The highest BCUT2D eigenvalue weighted by Gasteiger charge is 2.66. The number of aromatic hydroxyl groups is 1. The van der Waals surface area contributed by atoms with Crippen molar-refractivity contribution in [1.82, 2.24) is 9.80 Å². The van der Waals surface area contributed by atoms with Crippen molar-refractivity contribution in [2.24, 2.45) is 11.8 Å². The van der Waals surface area contributed by atoms with Gasteiger partial charge < -0.3 is 14.6 Å². The number of likely N-dealkylation sites (tertiary alicyclic amines) is 1. The number of phenols is 1. The molecule has 2 aliphatic carbocycles. The Hall–Kier alpha value is -2.83. The Balaban J connectivity index is 1.26. The number of rotatable bonds is 13. The highest BCUT2D eigenvalue weighted by Crippen LogP contribution is 2.65. The summed E-state index contributed by atoms with van der Waals surface area (Å²) >= 11 is 0. The fourth-order valence-electron chi connectivity index (χ4n) is 9.15. The van der Waals surface area contributed by atoms with Crippen LogP contribution in [-0.4, -0.2) is 65.2 Å². The molecule has 2 fully saturated rings. The normalized spacial score (nSPS) is 27.2. The number of esters is 1. The predicted octanol–water partition coefficient (Wildman–Crippen LogP) is 6.67. The number of unbranched alkanes of at least 4 members (excludes halogenated alkanes) is 3. The third kappa shape index (κ3) is 5.62. The van der Waals surface area contributed by atoms with Crippen LogP contribution in [0.2, 0.25) is 0 Å². The topological polar surface area (TPSA) is 62.2 Å². The molecule has 2 heterocycles. The monoisotopic (exact) mass is 586 g/mol. The maximum Gasteiger partial charge on any atom is 0.308 e. The van der Waals surface area contributed by atoms with Gasteiger partial charge in [0.15, 0.2) is 11.5 Å². The van der Waals surface area contributed by atoms with E-state index in [0.29, 0.717) is 35.4 Å². The largest absolute Gasteiger partial charge is 0.508 e. The van der Waals surface area contributed by atoms with Crippen molar-refractivity contribution < 1.29 is 19.4 Å². The number of hydrogen-bond donors (Lipinski definition) is 1. The van der Waals surface area contributed by atoms with E-state index in [1.54, 1.807) is 6.07 Å². The molecule has 0 amide bonds. The lowest BCUT2D eigenvalue weighted by Crippen LogP contribution is -2.69. The zero-order valence-electron chi connectivity index (χ0n) is 26.4. The number of ether oxygens (including phenoxy) is 2. The Morgan fingerprint density at radius 1 is 1.21 bits per heavy atom. The number of hydrogen-bond acceptors (Lipinski definition) is 6. The lowest BCUT2D eigenvalue weighted by molar-refractivity contribution is -0.132. The molecule has 2 aromatic carbocycles. The van der Waals surface area contributed by atoms with Gasteiger partial charge in [-0.2, -0.15) is 0 Å². The first-order chi connectivity index (χ1) is 20.8. The summed E-state index contributed by atoms with van der Waals surface area (Å²) in [5.74, 6) is 1.95. The van der Waals surface area contributed by atoms with Crippen molar-refractivity contribution >= 4 is 5.97 Å². The Morgan fingerprint density at radius 2 is 2.00 bits per heavy atom. The summed E-state index contributed by atoms with van der Waals surface area (Å²) in [6.45, 7) is 14.1. The fourth-order valence-corrected chi connectivity index (χ4v) is 9.15. The Morgan fingerprint density at radius 3 is 2.74 bits per heavy atom. The summed E-state index contributed by atoms with van der Waals surface area (Å²) in [6, 6.07) is 13.1. The first-order valence-corrected chi connectivity index (χ1v) is 16.7. The van der Waals surface area contributed by atoms with Crippen LogP contribution >= 0.6 is 0 Å². The van der Waals surface area contributed by atoms with Crippen molar-refractivity contribution in [3.63, 3.8) is 0 Å². The average molecular weight is 587 g/mol. The fraction of sp³-hybridized carbons (Fsp3) is 0.595. The molecule has 5 atom stereocenters. The number of aryl methyl sites for hydroxylation is 1. The molecule has 0 radical (unpaired) electrons. The number of benzene rings is 2. The maximum absolute atomic E-state index is 12.1. The molecule has 1 saturated heterocycles. The van der Waals surface area contributed by atoms with Crippen molar-refractivity contribution in [3.05, 3.63) is 65.7 Å². The van der Waals surface area contributed by atoms with Gasteiger partial charge in [-0.1, -0.05) is 63.1 Å². The van der Waals surface area contributed by atoms with Crippen LogP contribution in [0.15, 0.2) is 49.1 Å². The van der Waals surface area contributed by atoms with Gasteiger partial charge in [0.05, 0.1) is 0 Å². The van der Waals surface area contributed by atoms with E-state index in [0.717, 1.165) is 69.4 Å². The average Bonchev–Trinajstić information content (AvgIpc) is 3.32. The number of nitrogens with zero attached hydrogens (tertiary/aromatic N) is 2. The minimum Gasteiger partial charge on any atom is -0.508 e. The van der Waals surface area contributed by atoms with Gasteiger partial charge in [-0.3, -0.25) is 14.6 Å². The maximum atomic E-state index is 12.1. The minimum absolute atomic E-state index is 0.0124. The predicted molar refractivity (Wildman–Crippen MR) is 171 cm³/mol. The van der Waals surface area contributed by atoms with Crippen LogP contribution in [0.1, 0.15) is 82.4 Å².